The first-order valence-electron chi connectivity index (χ1n) is 7.17. The van der Waals surface area contributed by atoms with Crippen molar-refractivity contribution in [2.75, 3.05) is 5.32 Å². The van der Waals surface area contributed by atoms with Gasteiger partial charge < -0.3 is 5.32 Å². The van der Waals surface area contributed by atoms with Crippen LogP contribution in [0.5, 0.6) is 0 Å². The summed E-state index contributed by atoms with van der Waals surface area (Å²) < 4.78 is 15.4. The summed E-state index contributed by atoms with van der Waals surface area (Å²) in [5.74, 6) is -1.09. The molecule has 2 aromatic carbocycles. The highest BCUT2D eigenvalue weighted by molar-refractivity contribution is 6.35. The maximum Gasteiger partial charge on any atom is 0.261 e. The molecule has 0 aliphatic carbocycles. The second kappa shape index (κ2) is 7.44. The van der Waals surface area contributed by atoms with Gasteiger partial charge in [0.15, 0.2) is 5.82 Å². The minimum Gasteiger partial charge on any atom is -0.305 e. The Morgan fingerprint density at radius 2 is 1.92 bits per heavy atom. The Morgan fingerprint density at radius 1 is 1.12 bits per heavy atom. The summed E-state index contributed by atoms with van der Waals surface area (Å²) in [6.07, 6.45) is 1.67. The lowest BCUT2D eigenvalue weighted by molar-refractivity contribution is 0.102. The molecular formula is C17H11Cl3FN3O. The quantitative estimate of drug-likeness (QED) is 0.649. The minimum absolute atomic E-state index is 0.0323. The van der Waals surface area contributed by atoms with Gasteiger partial charge in [0.25, 0.3) is 5.91 Å². The molecule has 1 aromatic heterocycles. The standard InChI is InChI=1S/C17H11Cl3FN3O/c18-11-5-4-10(13(20)8-11)9-24-7-6-15(23-24)22-17(25)16-12(19)2-1-3-14(16)21/h1-8H,9H2,(H,22,23,25). The van der Waals surface area contributed by atoms with Gasteiger partial charge in [0, 0.05) is 22.3 Å². The molecule has 0 spiro atoms. The highest BCUT2D eigenvalue weighted by Crippen LogP contribution is 2.22. The summed E-state index contributed by atoms with van der Waals surface area (Å²) in [5.41, 5.74) is 0.601. The van der Waals surface area contributed by atoms with E-state index in [2.05, 4.69) is 10.4 Å². The van der Waals surface area contributed by atoms with E-state index in [-0.39, 0.29) is 16.4 Å². The fourth-order valence-corrected chi connectivity index (χ4v) is 2.95. The number of nitrogens with one attached hydrogen (secondary N) is 1. The van der Waals surface area contributed by atoms with E-state index in [0.717, 1.165) is 5.56 Å². The predicted molar refractivity (Wildman–Crippen MR) is 97.2 cm³/mol. The molecule has 0 radical (unpaired) electrons. The second-order valence-electron chi connectivity index (χ2n) is 5.19. The number of hydrogen-bond acceptors (Lipinski definition) is 2. The van der Waals surface area contributed by atoms with E-state index in [4.69, 9.17) is 34.8 Å². The van der Waals surface area contributed by atoms with Crippen LogP contribution in [-0.2, 0) is 6.54 Å². The van der Waals surface area contributed by atoms with Crippen molar-refractivity contribution < 1.29 is 9.18 Å². The van der Waals surface area contributed by atoms with Crippen LogP contribution in [0.1, 0.15) is 15.9 Å². The summed E-state index contributed by atoms with van der Waals surface area (Å²) in [6, 6.07) is 10.8. The van der Waals surface area contributed by atoms with Crippen molar-refractivity contribution in [3.8, 4) is 0 Å². The Hall–Kier alpha value is -2.08. The second-order valence-corrected chi connectivity index (χ2v) is 6.44. The van der Waals surface area contributed by atoms with E-state index in [0.29, 0.717) is 16.6 Å². The minimum atomic E-state index is -0.697. The molecule has 0 aliphatic rings. The van der Waals surface area contributed by atoms with E-state index in [9.17, 15) is 9.18 Å². The van der Waals surface area contributed by atoms with Gasteiger partial charge in [-0.2, -0.15) is 5.10 Å². The Morgan fingerprint density at radius 3 is 2.64 bits per heavy atom. The van der Waals surface area contributed by atoms with Crippen LogP contribution in [0.4, 0.5) is 10.2 Å². The number of aromatic nitrogens is 2. The van der Waals surface area contributed by atoms with E-state index in [1.165, 1.54) is 18.2 Å². The first kappa shape index (κ1) is 17.7. The number of carbonyl (C=O) groups excluding carboxylic acids is 1. The summed E-state index contributed by atoms with van der Waals surface area (Å²) in [4.78, 5) is 12.2. The first-order valence-corrected chi connectivity index (χ1v) is 8.30. The molecule has 25 heavy (non-hydrogen) atoms. The van der Waals surface area contributed by atoms with Gasteiger partial charge in [0.1, 0.15) is 5.82 Å². The Kier molecular flexibility index (Phi) is 5.27. The van der Waals surface area contributed by atoms with E-state index < -0.39 is 11.7 Å². The highest BCUT2D eigenvalue weighted by atomic mass is 35.5. The lowest BCUT2D eigenvalue weighted by Crippen LogP contribution is -2.15. The fourth-order valence-electron chi connectivity index (χ4n) is 2.23. The Bertz CT molecular complexity index is 922. The number of hydrogen-bond donors (Lipinski definition) is 1. The zero-order valence-corrected chi connectivity index (χ0v) is 14.9. The average molecular weight is 399 g/mol. The molecule has 0 bridgehead atoms. The van der Waals surface area contributed by atoms with Crippen molar-refractivity contribution in [2.24, 2.45) is 0 Å². The van der Waals surface area contributed by atoms with Crippen molar-refractivity contribution in [3.63, 3.8) is 0 Å². The number of anilines is 1. The molecule has 1 N–H and O–H groups in total. The molecule has 1 heterocycles. The van der Waals surface area contributed by atoms with Crippen LogP contribution in [0.15, 0.2) is 48.7 Å². The average Bonchev–Trinajstić information content (AvgIpc) is 2.97. The van der Waals surface area contributed by atoms with Crippen LogP contribution in [0.2, 0.25) is 15.1 Å². The van der Waals surface area contributed by atoms with Crippen molar-refractivity contribution in [2.45, 2.75) is 6.54 Å². The monoisotopic (exact) mass is 397 g/mol. The first-order chi connectivity index (χ1) is 11.9. The zero-order valence-electron chi connectivity index (χ0n) is 12.6. The number of nitrogens with zero attached hydrogens (tertiary/aromatic N) is 2. The van der Waals surface area contributed by atoms with Gasteiger partial charge in [-0.15, -0.1) is 0 Å². The third kappa shape index (κ3) is 4.12. The topological polar surface area (TPSA) is 46.9 Å². The molecule has 3 aromatic rings. The lowest BCUT2D eigenvalue weighted by atomic mass is 10.2. The molecule has 4 nitrogen and oxygen atoms in total. The van der Waals surface area contributed by atoms with Crippen LogP contribution in [-0.4, -0.2) is 15.7 Å². The molecule has 0 atom stereocenters. The normalized spacial score (nSPS) is 10.7. The summed E-state index contributed by atoms with van der Waals surface area (Å²) in [6.45, 7) is 0.395. The van der Waals surface area contributed by atoms with Crippen LogP contribution in [0, 0.1) is 5.82 Å². The van der Waals surface area contributed by atoms with Crippen LogP contribution < -0.4 is 5.32 Å². The van der Waals surface area contributed by atoms with Gasteiger partial charge in [-0.05, 0) is 29.8 Å². The molecule has 0 saturated heterocycles. The van der Waals surface area contributed by atoms with Crippen LogP contribution in [0.3, 0.4) is 0 Å². The largest absolute Gasteiger partial charge is 0.305 e. The molecule has 0 aliphatic heterocycles. The van der Waals surface area contributed by atoms with Gasteiger partial charge in [0.2, 0.25) is 0 Å². The molecule has 128 valence electrons. The van der Waals surface area contributed by atoms with E-state index >= 15 is 0 Å². The van der Waals surface area contributed by atoms with Crippen molar-refractivity contribution in [1.29, 1.82) is 0 Å². The number of benzene rings is 2. The summed E-state index contributed by atoms with van der Waals surface area (Å²) in [5, 5.41) is 7.84. The van der Waals surface area contributed by atoms with Gasteiger partial charge >= 0.3 is 0 Å². The maximum absolute atomic E-state index is 13.8. The fraction of sp³-hybridized carbons (Fsp3) is 0.0588. The maximum atomic E-state index is 13.8. The van der Waals surface area contributed by atoms with Crippen LogP contribution in [0.25, 0.3) is 0 Å². The van der Waals surface area contributed by atoms with Gasteiger partial charge in [0.05, 0.1) is 17.1 Å². The molecule has 3 rings (SSSR count). The van der Waals surface area contributed by atoms with Gasteiger partial charge in [-0.3, -0.25) is 9.48 Å². The third-order valence-corrected chi connectivity index (χ3v) is 4.32. The number of rotatable bonds is 4. The van der Waals surface area contributed by atoms with E-state index in [1.807, 2.05) is 0 Å². The molecule has 8 heteroatoms. The number of amides is 1. The zero-order chi connectivity index (χ0) is 18.0. The van der Waals surface area contributed by atoms with Crippen molar-refractivity contribution in [3.05, 3.63) is 80.7 Å². The third-order valence-electron chi connectivity index (χ3n) is 3.42. The summed E-state index contributed by atoms with van der Waals surface area (Å²) >= 11 is 17.9. The molecule has 0 fully saturated rings. The molecule has 0 saturated carbocycles. The van der Waals surface area contributed by atoms with Crippen molar-refractivity contribution >= 4 is 46.5 Å². The molecular weight excluding hydrogens is 388 g/mol. The molecule has 1 amide bonds. The Labute approximate surface area is 158 Å². The van der Waals surface area contributed by atoms with Gasteiger partial charge in [-0.25, -0.2) is 4.39 Å². The number of carbonyl (C=O) groups is 1. The Balaban J connectivity index is 1.74. The predicted octanol–water partition coefficient (Wildman–Crippen LogP) is 5.28. The SMILES string of the molecule is O=C(Nc1ccn(Cc2ccc(Cl)cc2Cl)n1)c1c(F)cccc1Cl. The van der Waals surface area contributed by atoms with Crippen LogP contribution >= 0.6 is 34.8 Å². The molecule has 0 unspecified atom stereocenters. The van der Waals surface area contributed by atoms with Gasteiger partial charge in [-0.1, -0.05) is 46.9 Å². The van der Waals surface area contributed by atoms with Crippen molar-refractivity contribution in [1.82, 2.24) is 9.78 Å². The van der Waals surface area contributed by atoms with E-state index in [1.54, 1.807) is 35.1 Å². The lowest BCUT2D eigenvalue weighted by Gasteiger charge is -2.06. The highest BCUT2D eigenvalue weighted by Gasteiger charge is 2.16. The number of halogens is 4. The summed E-state index contributed by atoms with van der Waals surface area (Å²) in [7, 11) is 0. The smallest absolute Gasteiger partial charge is 0.261 e.